The van der Waals surface area contributed by atoms with E-state index in [2.05, 4.69) is 243 Å². The van der Waals surface area contributed by atoms with Gasteiger partial charge >= 0.3 is 63.2 Å². The largest absolute Gasteiger partial charge is 2.00 e. The van der Waals surface area contributed by atoms with Crippen LogP contribution in [0.4, 0.5) is 0 Å². The third kappa shape index (κ3) is 15.1. The van der Waals surface area contributed by atoms with E-state index in [0.29, 0.717) is 0 Å². The van der Waals surface area contributed by atoms with E-state index in [1.807, 2.05) is 195 Å². The zero-order chi connectivity index (χ0) is 83.8. The number of hydrogen-bond donors (Lipinski definition) is 0. The van der Waals surface area contributed by atoms with Crippen LogP contribution in [0.1, 0.15) is 0 Å². The molecule has 19 nitrogen and oxygen atoms in total. The number of para-hydroxylation sites is 4. The van der Waals surface area contributed by atoms with Crippen LogP contribution in [-0.4, -0.2) is 92.5 Å². The fourth-order valence-corrected chi connectivity index (χ4v) is 19.5. The number of hydrogen-bond acceptors (Lipinski definition) is 14. The van der Waals surface area contributed by atoms with Gasteiger partial charge in [0.1, 0.15) is 5.82 Å². The average molecular weight is 2270 g/mol. The maximum absolute atomic E-state index is 5.03. The molecule has 12 aromatic carbocycles. The molecule has 14 heterocycles. The minimum absolute atomic E-state index is 0. The van der Waals surface area contributed by atoms with Crippen LogP contribution in [0.2, 0.25) is 0 Å². The van der Waals surface area contributed by atoms with Crippen LogP contribution in [0.3, 0.4) is 0 Å². The van der Waals surface area contributed by atoms with Crippen LogP contribution in [0.5, 0.6) is 0 Å². The van der Waals surface area contributed by atoms with E-state index in [1.165, 1.54) is 10.1 Å². The molecule has 0 radical (unpaired) electrons. The predicted molar refractivity (Wildman–Crippen MR) is 507 cm³/mol. The number of benzene rings is 12. The summed E-state index contributed by atoms with van der Waals surface area (Å²) in [6.45, 7) is 0. The third-order valence-electron chi connectivity index (χ3n) is 22.4. The Kier molecular flexibility index (Phi) is 22.2. The first-order valence-corrected chi connectivity index (χ1v) is 43.4. The van der Waals surface area contributed by atoms with Gasteiger partial charge in [-0.15, -0.1) is 143 Å². The Bertz CT molecular complexity index is 8520. The van der Waals surface area contributed by atoms with Crippen molar-refractivity contribution >= 4 is 130 Å². The van der Waals surface area contributed by atoms with Gasteiger partial charge in [-0.1, -0.05) is 113 Å². The first kappa shape index (κ1) is 82.3. The number of nitrogens with zero attached hydrogens (tertiary/aromatic N) is 19. The smallest absolute Gasteiger partial charge is 0.346 e. The van der Waals surface area contributed by atoms with Crippen molar-refractivity contribution in [1.29, 1.82) is 0 Å². The van der Waals surface area contributed by atoms with Gasteiger partial charge in [0.05, 0.1) is 27.9 Å². The second kappa shape index (κ2) is 35.1. The minimum Gasteiger partial charge on any atom is -0.346 e. The first-order chi connectivity index (χ1) is 62.9. The Hall–Kier alpha value is -14.7. The van der Waals surface area contributed by atoms with Gasteiger partial charge in [0, 0.05) is 126 Å². The molecule has 0 bridgehead atoms. The molecule has 25 heteroatoms. The molecule has 0 N–H and O–H groups in total. The van der Waals surface area contributed by atoms with Crippen molar-refractivity contribution in [3.05, 3.63) is 408 Å². The van der Waals surface area contributed by atoms with Crippen molar-refractivity contribution in [3.8, 4) is 111 Å². The summed E-state index contributed by atoms with van der Waals surface area (Å²) < 4.78 is 19.4. The Labute approximate surface area is 797 Å². The molecule has 0 atom stereocenters. The summed E-state index contributed by atoms with van der Waals surface area (Å²) >= 11 is 5.03. The molecule has 0 saturated heterocycles. The molecule has 0 spiro atoms. The van der Waals surface area contributed by atoms with E-state index in [-0.39, 0.29) is 63.2 Å². The Morgan fingerprint density at radius 3 is 1.25 bits per heavy atom. The molecule has 130 heavy (non-hydrogen) atoms. The molecule has 26 rings (SSSR count). The summed E-state index contributed by atoms with van der Waals surface area (Å²) in [6.07, 6.45) is 22.2. The minimum atomic E-state index is 0. The maximum atomic E-state index is 5.03. The zero-order valence-corrected chi connectivity index (χ0v) is 77.2. The van der Waals surface area contributed by atoms with E-state index >= 15 is 0 Å². The predicted octanol–water partition coefficient (Wildman–Crippen LogP) is 24.1. The van der Waals surface area contributed by atoms with Gasteiger partial charge in [-0.05, 0) is 200 Å². The normalized spacial score (nSPS) is 11.4. The van der Waals surface area contributed by atoms with Crippen molar-refractivity contribution in [2.45, 2.75) is 0 Å². The first-order valence-electron chi connectivity index (χ1n) is 40.9. The van der Waals surface area contributed by atoms with E-state index in [4.69, 9.17) is 19.9 Å². The summed E-state index contributed by atoms with van der Waals surface area (Å²) in [4.78, 5) is 28.9. The summed E-state index contributed by atoms with van der Waals surface area (Å²) in [5, 5.41) is 31.9. The summed E-state index contributed by atoms with van der Waals surface area (Å²) in [5.41, 5.74) is 23.5. The molecule has 0 aliphatic rings. The number of aromatic nitrogens is 19. The third-order valence-corrected chi connectivity index (χ3v) is 25.6. The van der Waals surface area contributed by atoms with Gasteiger partial charge in [0.2, 0.25) is 0 Å². The van der Waals surface area contributed by atoms with Gasteiger partial charge in [-0.25, -0.2) is 14.0 Å². The molecular weight excluding hydrogens is 2210 g/mol. The fourth-order valence-electron chi connectivity index (χ4n) is 16.6. The van der Waals surface area contributed by atoms with Crippen molar-refractivity contribution < 1.29 is 63.2 Å². The molecule has 0 saturated carbocycles. The Morgan fingerprint density at radius 2 is 0.692 bits per heavy atom. The van der Waals surface area contributed by atoms with Gasteiger partial charge < -0.3 is 23.7 Å². The van der Waals surface area contributed by atoms with Crippen molar-refractivity contribution in [2.24, 2.45) is 0 Å². The molecule has 26 aromatic rings. The average Bonchev–Trinajstić information content (AvgIpc) is 1.61. The molecule has 0 aliphatic heterocycles. The summed E-state index contributed by atoms with van der Waals surface area (Å²) in [5.74, 6) is 0.766. The second-order valence-electron chi connectivity index (χ2n) is 30.0. The number of fused-ring (bicyclic) bond motifs is 12. The van der Waals surface area contributed by atoms with E-state index < -0.39 is 0 Å². The van der Waals surface area contributed by atoms with Gasteiger partial charge in [-0.2, -0.15) is 59.5 Å². The van der Waals surface area contributed by atoms with Crippen molar-refractivity contribution in [2.75, 3.05) is 0 Å². The molecular formula is C105H61N19Pt3S3. The molecule has 14 aromatic heterocycles. The number of thiazole rings is 3. The number of rotatable bonds is 14. The monoisotopic (exact) mass is 2270 g/mol. The zero-order valence-electron chi connectivity index (χ0n) is 67.9. The topological polar surface area (TPSA) is 181 Å². The van der Waals surface area contributed by atoms with E-state index in [0.717, 1.165) is 197 Å². The molecule has 0 amide bonds. The molecule has 0 unspecified atom stereocenters. The van der Waals surface area contributed by atoms with Crippen LogP contribution in [0.25, 0.3) is 207 Å². The SMILES string of the molecule is [Pt+2].[Pt+2].[Pt+2].[c-]1c(-c2cccc(-n3cccn3)n2)cccc1-n1c2[c-]c(-c3nc4ccccc4s3)ccc2c2ccccc21.[c-]1c(-c2ccccn2)ccc(-n2cccn2)c1-n1c2[c-]c(-c3nc4ccccc4s3)ccc2c2cc(-n3cccn3)ccc21.[c-]1c(-c2ccccn2)cccc1-n1c2[c-]c(-c3nc4ccccc4s3)c(-n3cccn3)cc2c2cc(-n3cccn3)ccc21. The second-order valence-corrected chi connectivity index (χ2v) is 33.1. The van der Waals surface area contributed by atoms with Gasteiger partial charge in [0.15, 0.2) is 0 Å². The van der Waals surface area contributed by atoms with Crippen LogP contribution >= 0.6 is 34.0 Å². The standard InChI is InChI=1S/2C36H21N7S.C33H19N5S.3Pt/c1-2-12-35-31(11-1)40-36(44-35)29-23-34-28(22-33(29)42-19-7-17-39-42)27-21-25(41-18-6-16-38-41)13-14-32(27)43(34)26-9-5-8-24(20-26)30-10-3-4-15-37-30;1-2-9-35-30(8-1)40-36(44-35)25-10-13-27-28-23-26(41-19-5-17-38-41)12-15-31(28)43(33(27)22-25)34-21-24(29-7-3-4-16-37-29)11-14-32(34)42-20-6-18-39-42;1-3-13-29-25(10-1)26-17-16-23(33-36-28-11-2-4-14-31(28)39-33)21-30(26)38(29)24-9-5-8-22(20-24)27-12-6-15-32(35-27)37-19-7-18-34-37;;;/h1-19,21-22H;1-20,23H;1-19H;;;/q3*-2;3*+2. The Morgan fingerprint density at radius 1 is 0.254 bits per heavy atom. The van der Waals surface area contributed by atoms with Crippen LogP contribution in [-0.2, 0) is 63.2 Å². The summed E-state index contributed by atoms with van der Waals surface area (Å²) in [7, 11) is 0. The molecule has 0 fully saturated rings. The number of pyridine rings is 3. The van der Waals surface area contributed by atoms with Crippen LogP contribution in [0, 0.1) is 36.4 Å². The van der Waals surface area contributed by atoms with Crippen LogP contribution in [0.15, 0.2) is 372 Å². The van der Waals surface area contributed by atoms with Crippen LogP contribution < -0.4 is 0 Å². The summed E-state index contributed by atoms with van der Waals surface area (Å²) in [6, 6.07) is 123. The van der Waals surface area contributed by atoms with Crippen molar-refractivity contribution in [3.63, 3.8) is 0 Å². The molecule has 624 valence electrons. The quantitative estimate of drug-likeness (QED) is 0.0945. The van der Waals surface area contributed by atoms with Crippen molar-refractivity contribution in [1.82, 2.24) is 92.5 Å². The molecule has 0 aliphatic carbocycles. The van der Waals surface area contributed by atoms with Gasteiger partial charge in [0.25, 0.3) is 0 Å². The fraction of sp³-hybridized carbons (Fsp3) is 0. The van der Waals surface area contributed by atoms with E-state index in [9.17, 15) is 0 Å². The Balaban J connectivity index is 0.000000117. The van der Waals surface area contributed by atoms with Gasteiger partial charge in [-0.3, -0.25) is 29.3 Å². The maximum Gasteiger partial charge on any atom is 2.00 e. The van der Waals surface area contributed by atoms with E-state index in [1.54, 1.807) is 75.9 Å².